The summed E-state index contributed by atoms with van der Waals surface area (Å²) in [7, 11) is 0. The van der Waals surface area contributed by atoms with Crippen molar-refractivity contribution < 1.29 is 0 Å². The molecule has 88 valence electrons. The molecule has 1 aliphatic rings. The first-order chi connectivity index (χ1) is 7.69. The lowest BCUT2D eigenvalue weighted by Crippen LogP contribution is -2.56. The molecule has 2 heteroatoms. The monoisotopic (exact) mass is 218 g/mol. The van der Waals surface area contributed by atoms with E-state index >= 15 is 0 Å². The Morgan fingerprint density at radius 1 is 0.938 bits per heavy atom. The Hall–Kier alpha value is -0.960. The third kappa shape index (κ3) is 3.56. The summed E-state index contributed by atoms with van der Waals surface area (Å²) >= 11 is 0. The van der Waals surface area contributed by atoms with Crippen LogP contribution in [0.15, 0.2) is 0 Å². The second kappa shape index (κ2) is 6.59. The molecule has 1 fully saturated rings. The van der Waals surface area contributed by atoms with Crippen molar-refractivity contribution in [1.82, 2.24) is 9.80 Å². The first-order valence-electron chi connectivity index (χ1n) is 5.96. The SMILES string of the molecule is CC#CCN1CC(C)N(CC#CC)C(C)C1. The van der Waals surface area contributed by atoms with E-state index in [0.717, 1.165) is 26.2 Å². The van der Waals surface area contributed by atoms with Gasteiger partial charge in [-0.15, -0.1) is 11.8 Å². The predicted molar refractivity (Wildman–Crippen MR) is 69.0 cm³/mol. The van der Waals surface area contributed by atoms with Gasteiger partial charge in [0.2, 0.25) is 0 Å². The summed E-state index contributed by atoms with van der Waals surface area (Å²) in [5.74, 6) is 12.2. The molecule has 0 saturated carbocycles. The zero-order valence-electron chi connectivity index (χ0n) is 10.9. The van der Waals surface area contributed by atoms with Crippen LogP contribution in [0, 0.1) is 23.7 Å². The molecule has 1 heterocycles. The van der Waals surface area contributed by atoms with E-state index < -0.39 is 0 Å². The van der Waals surface area contributed by atoms with Crippen LogP contribution in [-0.4, -0.2) is 48.1 Å². The largest absolute Gasteiger partial charge is 0.289 e. The summed E-state index contributed by atoms with van der Waals surface area (Å²) in [6.07, 6.45) is 0. The lowest BCUT2D eigenvalue weighted by atomic mass is 10.1. The smallest absolute Gasteiger partial charge is 0.0607 e. The molecule has 0 aliphatic carbocycles. The van der Waals surface area contributed by atoms with Gasteiger partial charge in [0.25, 0.3) is 0 Å². The van der Waals surface area contributed by atoms with Gasteiger partial charge in [0.15, 0.2) is 0 Å². The van der Waals surface area contributed by atoms with Crippen LogP contribution in [0.2, 0.25) is 0 Å². The highest BCUT2D eigenvalue weighted by atomic mass is 15.3. The van der Waals surface area contributed by atoms with Crippen LogP contribution in [0.4, 0.5) is 0 Å². The first kappa shape index (κ1) is 13.1. The van der Waals surface area contributed by atoms with Crippen LogP contribution in [0.3, 0.4) is 0 Å². The lowest BCUT2D eigenvalue weighted by Gasteiger charge is -2.43. The van der Waals surface area contributed by atoms with E-state index in [2.05, 4.69) is 47.3 Å². The van der Waals surface area contributed by atoms with Crippen LogP contribution >= 0.6 is 0 Å². The standard InChI is InChI=1S/C14H22N2/c1-5-7-9-15-11-13(3)16(10-8-6-2)14(4)12-15/h13-14H,9-12H2,1-4H3. The maximum absolute atomic E-state index is 3.17. The lowest BCUT2D eigenvalue weighted by molar-refractivity contribution is 0.0575. The van der Waals surface area contributed by atoms with Crippen LogP contribution < -0.4 is 0 Å². The Morgan fingerprint density at radius 2 is 1.44 bits per heavy atom. The minimum atomic E-state index is 0.572. The summed E-state index contributed by atoms with van der Waals surface area (Å²) in [5.41, 5.74) is 0. The van der Waals surface area contributed by atoms with E-state index in [-0.39, 0.29) is 0 Å². The van der Waals surface area contributed by atoms with Crippen molar-refractivity contribution in [2.75, 3.05) is 26.2 Å². The maximum Gasteiger partial charge on any atom is 0.0607 e. The van der Waals surface area contributed by atoms with Crippen molar-refractivity contribution in [1.29, 1.82) is 0 Å². The van der Waals surface area contributed by atoms with Gasteiger partial charge >= 0.3 is 0 Å². The molecule has 2 nitrogen and oxygen atoms in total. The molecule has 1 rings (SSSR count). The Balaban J connectivity index is 2.54. The topological polar surface area (TPSA) is 6.48 Å². The molecule has 0 amide bonds. The number of nitrogens with zero attached hydrogens (tertiary/aromatic N) is 2. The summed E-state index contributed by atoms with van der Waals surface area (Å²) in [6.45, 7) is 12.4. The molecular formula is C14H22N2. The fraction of sp³-hybridized carbons (Fsp3) is 0.714. The molecule has 0 radical (unpaired) electrons. The Kier molecular flexibility index (Phi) is 5.39. The molecule has 2 atom stereocenters. The van der Waals surface area contributed by atoms with Crippen LogP contribution in [0.25, 0.3) is 0 Å². The van der Waals surface area contributed by atoms with Gasteiger partial charge in [-0.25, -0.2) is 0 Å². The van der Waals surface area contributed by atoms with Crippen molar-refractivity contribution in [2.24, 2.45) is 0 Å². The van der Waals surface area contributed by atoms with Gasteiger partial charge < -0.3 is 0 Å². The van der Waals surface area contributed by atoms with E-state index in [1.165, 1.54) is 0 Å². The molecular weight excluding hydrogens is 196 g/mol. The van der Waals surface area contributed by atoms with Crippen molar-refractivity contribution in [3.63, 3.8) is 0 Å². The first-order valence-corrected chi connectivity index (χ1v) is 5.96. The molecule has 1 aliphatic heterocycles. The van der Waals surface area contributed by atoms with Crippen molar-refractivity contribution in [2.45, 2.75) is 39.8 Å². The molecule has 1 saturated heterocycles. The van der Waals surface area contributed by atoms with Gasteiger partial charge in [-0.3, -0.25) is 9.80 Å². The quantitative estimate of drug-likeness (QED) is 0.647. The molecule has 0 aromatic carbocycles. The number of piperazine rings is 1. The minimum Gasteiger partial charge on any atom is -0.289 e. The number of rotatable bonds is 2. The molecule has 0 aromatic rings. The maximum atomic E-state index is 3.17. The average Bonchev–Trinajstić information content (AvgIpc) is 2.25. The van der Waals surface area contributed by atoms with Crippen LogP contribution in [0.5, 0.6) is 0 Å². The summed E-state index contributed by atoms with van der Waals surface area (Å²) in [4.78, 5) is 4.91. The zero-order chi connectivity index (χ0) is 12.0. The van der Waals surface area contributed by atoms with Crippen LogP contribution in [-0.2, 0) is 0 Å². The van der Waals surface area contributed by atoms with Gasteiger partial charge in [0, 0.05) is 25.2 Å². The van der Waals surface area contributed by atoms with E-state index in [0.29, 0.717) is 12.1 Å². The van der Waals surface area contributed by atoms with E-state index in [9.17, 15) is 0 Å². The van der Waals surface area contributed by atoms with Gasteiger partial charge in [0.1, 0.15) is 0 Å². The highest BCUT2D eigenvalue weighted by Gasteiger charge is 2.27. The van der Waals surface area contributed by atoms with E-state index in [1.54, 1.807) is 0 Å². The third-order valence-corrected chi connectivity index (χ3v) is 3.10. The number of hydrogen-bond donors (Lipinski definition) is 0. The van der Waals surface area contributed by atoms with E-state index in [4.69, 9.17) is 0 Å². The van der Waals surface area contributed by atoms with Gasteiger partial charge in [0.05, 0.1) is 13.1 Å². The summed E-state index contributed by atoms with van der Waals surface area (Å²) < 4.78 is 0. The summed E-state index contributed by atoms with van der Waals surface area (Å²) in [6, 6.07) is 1.14. The number of hydrogen-bond acceptors (Lipinski definition) is 2. The fourth-order valence-corrected chi connectivity index (χ4v) is 2.27. The Morgan fingerprint density at radius 3 is 1.94 bits per heavy atom. The molecule has 0 spiro atoms. The Bertz CT molecular complexity index is 314. The van der Waals surface area contributed by atoms with Crippen LogP contribution in [0.1, 0.15) is 27.7 Å². The molecule has 0 bridgehead atoms. The molecule has 0 N–H and O–H groups in total. The fourth-order valence-electron chi connectivity index (χ4n) is 2.27. The summed E-state index contributed by atoms with van der Waals surface area (Å²) in [5, 5.41) is 0. The predicted octanol–water partition coefficient (Wildman–Crippen LogP) is 1.43. The Labute approximate surface area is 100.0 Å². The van der Waals surface area contributed by atoms with Gasteiger partial charge in [-0.1, -0.05) is 11.8 Å². The second-order valence-electron chi connectivity index (χ2n) is 4.42. The van der Waals surface area contributed by atoms with E-state index in [1.807, 2.05) is 13.8 Å². The normalized spacial score (nSPS) is 26.5. The highest BCUT2D eigenvalue weighted by molar-refractivity contribution is 5.03. The third-order valence-electron chi connectivity index (χ3n) is 3.10. The molecule has 16 heavy (non-hydrogen) atoms. The zero-order valence-corrected chi connectivity index (χ0v) is 10.9. The van der Waals surface area contributed by atoms with Crippen molar-refractivity contribution >= 4 is 0 Å². The highest BCUT2D eigenvalue weighted by Crippen LogP contribution is 2.14. The second-order valence-corrected chi connectivity index (χ2v) is 4.42. The average molecular weight is 218 g/mol. The molecule has 2 unspecified atom stereocenters. The van der Waals surface area contributed by atoms with Crippen molar-refractivity contribution in [3.05, 3.63) is 0 Å². The van der Waals surface area contributed by atoms with Gasteiger partial charge in [-0.2, -0.15) is 0 Å². The van der Waals surface area contributed by atoms with Crippen molar-refractivity contribution in [3.8, 4) is 23.7 Å². The van der Waals surface area contributed by atoms with Gasteiger partial charge in [-0.05, 0) is 27.7 Å². The minimum absolute atomic E-state index is 0.572. The molecule has 0 aromatic heterocycles.